The SMILES string of the molecule is Brc1ccc(-c2cn3ccccc3n2)cc1.OB(O)c1cc2ccc3ccccc3c2c2ccccc12.c1ccc2c(c1)ccc1cc(-c3ccc(-c4cn5ccccc5n4)cc3)c3ccccc3c12. The third-order valence-electron chi connectivity index (χ3n) is 13.2. The molecule has 0 saturated heterocycles. The van der Waals surface area contributed by atoms with Gasteiger partial charge in [-0.15, -0.1) is 0 Å². The van der Waals surface area contributed by atoms with E-state index in [-0.39, 0.29) is 0 Å². The summed E-state index contributed by atoms with van der Waals surface area (Å²) in [5, 5.41) is 33.6. The average molecular weight is 966 g/mol. The lowest BCUT2D eigenvalue weighted by Crippen LogP contribution is -2.30. The molecule has 10 aromatic carbocycles. The highest BCUT2D eigenvalue weighted by atomic mass is 79.9. The third kappa shape index (κ3) is 8.04. The van der Waals surface area contributed by atoms with E-state index in [4.69, 9.17) is 4.98 Å². The number of imidazole rings is 2. The molecule has 14 aromatic rings. The maximum Gasteiger partial charge on any atom is 0.489 e. The number of rotatable bonds is 4. The molecular formula is C62H42BBrN4O2. The van der Waals surface area contributed by atoms with Gasteiger partial charge < -0.3 is 18.8 Å². The summed E-state index contributed by atoms with van der Waals surface area (Å²) in [5.41, 5.74) is 9.20. The monoisotopic (exact) mass is 964 g/mol. The van der Waals surface area contributed by atoms with Gasteiger partial charge in [-0.05, 0) is 124 Å². The molecule has 0 saturated carbocycles. The lowest BCUT2D eigenvalue weighted by Gasteiger charge is -2.13. The number of nitrogens with zero attached hydrogens (tertiary/aromatic N) is 4. The standard InChI is InChI=1S/C31H20N2.C18H13BO2.C13H9BrN2/c1-2-8-25-21(7-1)14-17-24-19-28(26-9-3-4-10-27(26)31(24)25)22-12-15-23(16-13-22)29-20-33-18-6-5-11-30(33)32-29;20-19(21)17-11-13-10-9-12-5-1-2-6-14(12)18(13)16-8-4-3-7-15(16)17;14-11-6-4-10(5-7-11)12-9-16-8-2-1-3-13(16)15-12/h1-20H;1-11,20-21H;1-9H. The minimum Gasteiger partial charge on any atom is -0.423 e. The molecule has 332 valence electrons. The number of fused-ring (bicyclic) bond motifs is 12. The van der Waals surface area contributed by atoms with Gasteiger partial charge in [0.05, 0.1) is 11.4 Å². The molecule has 14 rings (SSSR count). The third-order valence-corrected chi connectivity index (χ3v) is 13.7. The van der Waals surface area contributed by atoms with Gasteiger partial charge in [-0.25, -0.2) is 9.97 Å². The maximum absolute atomic E-state index is 9.65. The molecule has 70 heavy (non-hydrogen) atoms. The van der Waals surface area contributed by atoms with E-state index in [0.29, 0.717) is 5.46 Å². The highest BCUT2D eigenvalue weighted by Crippen LogP contribution is 2.39. The average Bonchev–Trinajstić information content (AvgIpc) is 4.06. The number of benzene rings is 10. The summed E-state index contributed by atoms with van der Waals surface area (Å²) in [6, 6.07) is 75.4. The minimum atomic E-state index is -1.47. The molecular weight excluding hydrogens is 923 g/mol. The summed E-state index contributed by atoms with van der Waals surface area (Å²) in [7, 11) is -1.47. The summed E-state index contributed by atoms with van der Waals surface area (Å²) < 4.78 is 5.17. The van der Waals surface area contributed by atoms with Gasteiger partial charge in [-0.3, -0.25) is 0 Å². The summed E-state index contributed by atoms with van der Waals surface area (Å²) >= 11 is 3.43. The quantitative estimate of drug-likeness (QED) is 0.136. The van der Waals surface area contributed by atoms with Gasteiger partial charge in [-0.2, -0.15) is 0 Å². The van der Waals surface area contributed by atoms with Crippen molar-refractivity contribution in [2.75, 3.05) is 0 Å². The fraction of sp³-hybridized carbons (Fsp3) is 0. The highest BCUT2D eigenvalue weighted by Gasteiger charge is 2.18. The zero-order valence-electron chi connectivity index (χ0n) is 37.7. The molecule has 8 heteroatoms. The predicted octanol–water partition coefficient (Wildman–Crippen LogP) is 14.7. The van der Waals surface area contributed by atoms with E-state index in [0.717, 1.165) is 59.8 Å². The summed E-state index contributed by atoms with van der Waals surface area (Å²) in [4.78, 5) is 9.33. The fourth-order valence-electron chi connectivity index (χ4n) is 9.83. The van der Waals surface area contributed by atoms with Crippen LogP contribution in [-0.4, -0.2) is 35.9 Å². The van der Waals surface area contributed by atoms with Crippen molar-refractivity contribution in [3.63, 3.8) is 0 Å². The predicted molar refractivity (Wildman–Crippen MR) is 296 cm³/mol. The van der Waals surface area contributed by atoms with Crippen LogP contribution in [0.3, 0.4) is 0 Å². The zero-order chi connectivity index (χ0) is 47.1. The van der Waals surface area contributed by atoms with Crippen molar-refractivity contribution >= 4 is 104 Å². The molecule has 2 N–H and O–H groups in total. The first-order valence-corrected chi connectivity index (χ1v) is 24.0. The number of halogens is 1. The first-order valence-electron chi connectivity index (χ1n) is 23.2. The van der Waals surface area contributed by atoms with Crippen LogP contribution < -0.4 is 5.46 Å². The Bertz CT molecular complexity index is 4180. The van der Waals surface area contributed by atoms with Gasteiger partial charge >= 0.3 is 7.12 Å². The minimum absolute atomic E-state index is 0.549. The van der Waals surface area contributed by atoms with E-state index >= 15 is 0 Å². The Kier molecular flexibility index (Phi) is 11.2. The Morgan fingerprint density at radius 1 is 0.371 bits per heavy atom. The molecule has 0 unspecified atom stereocenters. The molecule has 4 heterocycles. The van der Waals surface area contributed by atoms with Crippen LogP contribution in [-0.2, 0) is 0 Å². The van der Waals surface area contributed by atoms with Crippen molar-refractivity contribution < 1.29 is 10.0 Å². The first kappa shape index (κ1) is 42.9. The Balaban J connectivity index is 0.000000117. The van der Waals surface area contributed by atoms with E-state index in [9.17, 15) is 10.0 Å². The largest absolute Gasteiger partial charge is 0.489 e. The van der Waals surface area contributed by atoms with E-state index < -0.39 is 7.12 Å². The topological polar surface area (TPSA) is 75.1 Å². The number of aromatic nitrogens is 4. The molecule has 0 radical (unpaired) electrons. The van der Waals surface area contributed by atoms with Crippen LogP contribution in [0.15, 0.2) is 248 Å². The van der Waals surface area contributed by atoms with Gasteiger partial charge in [0.1, 0.15) is 11.3 Å². The lowest BCUT2D eigenvalue weighted by molar-refractivity contribution is 0.426. The molecule has 0 atom stereocenters. The molecule has 0 aliphatic rings. The van der Waals surface area contributed by atoms with Crippen LogP contribution in [0.25, 0.3) is 110 Å². The molecule has 0 fully saturated rings. The second kappa shape index (κ2) is 18.3. The smallest absolute Gasteiger partial charge is 0.423 e. The van der Waals surface area contributed by atoms with Crippen LogP contribution in [0.2, 0.25) is 0 Å². The summed E-state index contributed by atoms with van der Waals surface area (Å²) in [6.45, 7) is 0. The Morgan fingerprint density at radius 3 is 1.31 bits per heavy atom. The molecule has 0 aliphatic heterocycles. The van der Waals surface area contributed by atoms with Crippen molar-refractivity contribution in [2.45, 2.75) is 0 Å². The van der Waals surface area contributed by atoms with Crippen molar-refractivity contribution in [3.8, 4) is 33.6 Å². The highest BCUT2D eigenvalue weighted by molar-refractivity contribution is 9.10. The van der Waals surface area contributed by atoms with E-state index in [1.807, 2.05) is 120 Å². The van der Waals surface area contributed by atoms with Crippen LogP contribution in [0.5, 0.6) is 0 Å². The van der Waals surface area contributed by atoms with Crippen LogP contribution >= 0.6 is 15.9 Å². The van der Waals surface area contributed by atoms with Gasteiger partial charge in [0.2, 0.25) is 0 Å². The lowest BCUT2D eigenvalue weighted by atomic mass is 9.75. The van der Waals surface area contributed by atoms with Crippen molar-refractivity contribution in [2.24, 2.45) is 0 Å². The van der Waals surface area contributed by atoms with E-state index in [1.165, 1.54) is 54.2 Å². The maximum atomic E-state index is 9.65. The molecule has 0 aliphatic carbocycles. The molecule has 4 aromatic heterocycles. The summed E-state index contributed by atoms with van der Waals surface area (Å²) in [6.07, 6.45) is 8.16. The van der Waals surface area contributed by atoms with Crippen LogP contribution in [0.1, 0.15) is 0 Å². The summed E-state index contributed by atoms with van der Waals surface area (Å²) in [5.74, 6) is 0. The van der Waals surface area contributed by atoms with Crippen molar-refractivity contribution in [1.82, 2.24) is 18.8 Å². The Labute approximate surface area is 412 Å². The molecule has 6 nitrogen and oxygen atoms in total. The normalized spacial score (nSPS) is 11.4. The van der Waals surface area contributed by atoms with Crippen LogP contribution in [0.4, 0.5) is 0 Å². The van der Waals surface area contributed by atoms with Crippen molar-refractivity contribution in [3.05, 3.63) is 248 Å². The number of pyridine rings is 2. The van der Waals surface area contributed by atoms with E-state index in [2.05, 4.69) is 153 Å². The Hall–Kier alpha value is -8.40. The van der Waals surface area contributed by atoms with Gasteiger partial charge in [-0.1, -0.05) is 192 Å². The molecule has 0 spiro atoms. The van der Waals surface area contributed by atoms with Gasteiger partial charge in [0, 0.05) is 40.4 Å². The molecule has 0 amide bonds. The van der Waals surface area contributed by atoms with Crippen LogP contribution in [0, 0.1) is 0 Å². The van der Waals surface area contributed by atoms with Gasteiger partial charge in [0.25, 0.3) is 0 Å². The number of hydrogen-bond donors (Lipinski definition) is 2. The number of hydrogen-bond acceptors (Lipinski definition) is 4. The second-order valence-corrected chi connectivity index (χ2v) is 18.3. The second-order valence-electron chi connectivity index (χ2n) is 17.4. The van der Waals surface area contributed by atoms with Crippen molar-refractivity contribution in [1.29, 1.82) is 0 Å². The Morgan fingerprint density at radius 2 is 0.786 bits per heavy atom. The van der Waals surface area contributed by atoms with Gasteiger partial charge in [0.15, 0.2) is 0 Å². The molecule has 0 bridgehead atoms. The zero-order valence-corrected chi connectivity index (χ0v) is 39.3. The van der Waals surface area contributed by atoms with E-state index in [1.54, 1.807) is 0 Å². The fourth-order valence-corrected chi connectivity index (χ4v) is 10.1. The first-order chi connectivity index (χ1) is 34.4.